The van der Waals surface area contributed by atoms with Crippen LogP contribution in [0.1, 0.15) is 6.92 Å². The highest BCUT2D eigenvalue weighted by molar-refractivity contribution is 5.78. The number of hydrogen-bond donors (Lipinski definition) is 0. The molecule has 0 bridgehead atoms. The van der Waals surface area contributed by atoms with E-state index in [9.17, 15) is 4.79 Å². The van der Waals surface area contributed by atoms with Gasteiger partial charge in [0.15, 0.2) is 0 Å². The molecule has 2 atom stereocenters. The molecule has 6 nitrogen and oxygen atoms in total. The fraction of sp³-hybridized carbons (Fsp3) is 0.889. The monoisotopic (exact) mass is 212 g/mol. The zero-order valence-electron chi connectivity index (χ0n) is 9.09. The maximum Gasteiger partial charge on any atom is 0.228 e. The van der Waals surface area contributed by atoms with Gasteiger partial charge in [0, 0.05) is 31.0 Å². The molecule has 0 spiro atoms. The normalized spacial score (nSPS) is 25.1. The van der Waals surface area contributed by atoms with Crippen LogP contribution in [0.4, 0.5) is 0 Å². The Morgan fingerprint density at radius 2 is 2.40 bits per heavy atom. The summed E-state index contributed by atoms with van der Waals surface area (Å²) in [4.78, 5) is 15.8. The van der Waals surface area contributed by atoms with Gasteiger partial charge >= 0.3 is 0 Å². The molecule has 0 radical (unpaired) electrons. The fourth-order valence-corrected chi connectivity index (χ4v) is 1.86. The summed E-state index contributed by atoms with van der Waals surface area (Å²) in [5, 5.41) is 3.27. The van der Waals surface area contributed by atoms with E-state index >= 15 is 0 Å². The SMILES string of the molecule is COC[C@H]1CN(C(=O)CN=[N+]=[N-])C[C@@H]1C. The van der Waals surface area contributed by atoms with Gasteiger partial charge < -0.3 is 9.64 Å². The second kappa shape index (κ2) is 5.58. The lowest BCUT2D eigenvalue weighted by Gasteiger charge is -2.14. The van der Waals surface area contributed by atoms with Crippen molar-refractivity contribution in [3.63, 3.8) is 0 Å². The first-order chi connectivity index (χ1) is 7.19. The molecule has 84 valence electrons. The molecule has 1 amide bonds. The summed E-state index contributed by atoms with van der Waals surface area (Å²) in [5.41, 5.74) is 8.11. The second-order valence-electron chi connectivity index (χ2n) is 3.88. The first-order valence-electron chi connectivity index (χ1n) is 4.96. The average molecular weight is 212 g/mol. The zero-order valence-corrected chi connectivity index (χ0v) is 9.09. The number of rotatable bonds is 4. The van der Waals surface area contributed by atoms with Crippen LogP contribution in [0.3, 0.4) is 0 Å². The van der Waals surface area contributed by atoms with E-state index in [0.717, 1.165) is 6.54 Å². The van der Waals surface area contributed by atoms with Crippen LogP contribution in [0.2, 0.25) is 0 Å². The van der Waals surface area contributed by atoms with Gasteiger partial charge in [-0.2, -0.15) is 0 Å². The minimum atomic E-state index is -0.0988. The van der Waals surface area contributed by atoms with Gasteiger partial charge in [0.25, 0.3) is 0 Å². The predicted molar refractivity (Wildman–Crippen MR) is 55.1 cm³/mol. The molecule has 15 heavy (non-hydrogen) atoms. The van der Waals surface area contributed by atoms with Crippen molar-refractivity contribution in [3.05, 3.63) is 10.4 Å². The van der Waals surface area contributed by atoms with Crippen LogP contribution in [0.15, 0.2) is 5.11 Å². The van der Waals surface area contributed by atoms with Crippen molar-refractivity contribution in [2.45, 2.75) is 6.92 Å². The molecule has 0 aliphatic carbocycles. The molecule has 0 saturated carbocycles. The van der Waals surface area contributed by atoms with E-state index in [4.69, 9.17) is 10.3 Å². The molecule has 0 aromatic carbocycles. The summed E-state index contributed by atoms with van der Waals surface area (Å²) in [6, 6.07) is 0. The Balaban J connectivity index is 2.46. The Hall–Kier alpha value is -1.26. The van der Waals surface area contributed by atoms with Crippen molar-refractivity contribution in [2.24, 2.45) is 17.0 Å². The number of ether oxygens (including phenoxy) is 1. The molecule has 1 saturated heterocycles. The van der Waals surface area contributed by atoms with Crippen molar-refractivity contribution in [1.29, 1.82) is 0 Å². The number of methoxy groups -OCH3 is 1. The minimum Gasteiger partial charge on any atom is -0.384 e. The van der Waals surface area contributed by atoms with Gasteiger partial charge in [0.05, 0.1) is 6.61 Å². The maximum atomic E-state index is 11.5. The molecular weight excluding hydrogens is 196 g/mol. The lowest BCUT2D eigenvalue weighted by Crippen LogP contribution is -2.31. The fourth-order valence-electron chi connectivity index (χ4n) is 1.86. The van der Waals surface area contributed by atoms with E-state index in [1.54, 1.807) is 12.0 Å². The van der Waals surface area contributed by atoms with Gasteiger partial charge in [-0.1, -0.05) is 12.0 Å². The first kappa shape index (κ1) is 11.8. The molecule has 0 aromatic heterocycles. The Bertz CT molecular complexity index is 275. The molecule has 1 heterocycles. The van der Waals surface area contributed by atoms with Gasteiger partial charge in [0.2, 0.25) is 5.91 Å². The summed E-state index contributed by atoms with van der Waals surface area (Å²) in [7, 11) is 1.66. The summed E-state index contributed by atoms with van der Waals surface area (Å²) in [5.74, 6) is 0.739. The number of carbonyl (C=O) groups excluding carboxylic acids is 1. The quantitative estimate of drug-likeness (QED) is 0.396. The van der Waals surface area contributed by atoms with E-state index < -0.39 is 0 Å². The number of carbonyl (C=O) groups is 1. The highest BCUT2D eigenvalue weighted by atomic mass is 16.5. The van der Waals surface area contributed by atoms with Gasteiger partial charge in [-0.3, -0.25) is 4.79 Å². The number of hydrogen-bond acceptors (Lipinski definition) is 3. The predicted octanol–water partition coefficient (Wildman–Crippen LogP) is 1.04. The highest BCUT2D eigenvalue weighted by Gasteiger charge is 2.31. The molecule has 0 N–H and O–H groups in total. The smallest absolute Gasteiger partial charge is 0.228 e. The topological polar surface area (TPSA) is 78.3 Å². The first-order valence-corrected chi connectivity index (χ1v) is 4.96. The van der Waals surface area contributed by atoms with E-state index in [2.05, 4.69) is 16.9 Å². The molecule has 0 unspecified atom stereocenters. The highest BCUT2D eigenvalue weighted by Crippen LogP contribution is 2.22. The number of amides is 1. The second-order valence-corrected chi connectivity index (χ2v) is 3.88. The van der Waals surface area contributed by atoms with Crippen molar-refractivity contribution in [2.75, 3.05) is 33.4 Å². The Labute approximate surface area is 88.8 Å². The maximum absolute atomic E-state index is 11.5. The lowest BCUT2D eigenvalue weighted by molar-refractivity contribution is -0.128. The summed E-state index contributed by atoms with van der Waals surface area (Å²) in [6.45, 7) is 4.13. The van der Waals surface area contributed by atoms with Crippen LogP contribution in [0.25, 0.3) is 10.4 Å². The van der Waals surface area contributed by atoms with Gasteiger partial charge in [-0.05, 0) is 11.4 Å². The van der Waals surface area contributed by atoms with Crippen LogP contribution in [0.5, 0.6) is 0 Å². The number of nitrogens with zero attached hydrogens (tertiary/aromatic N) is 4. The molecule has 1 aliphatic rings. The van der Waals surface area contributed by atoms with E-state index in [1.165, 1.54) is 0 Å². The molecule has 0 aromatic rings. The van der Waals surface area contributed by atoms with Crippen LogP contribution in [0, 0.1) is 11.8 Å². The number of likely N-dealkylation sites (tertiary alicyclic amines) is 1. The van der Waals surface area contributed by atoms with Crippen LogP contribution < -0.4 is 0 Å². The van der Waals surface area contributed by atoms with Crippen LogP contribution in [-0.2, 0) is 9.53 Å². The zero-order chi connectivity index (χ0) is 11.3. The van der Waals surface area contributed by atoms with E-state index in [-0.39, 0.29) is 12.5 Å². The minimum absolute atomic E-state index is 0.0804. The van der Waals surface area contributed by atoms with Crippen molar-refractivity contribution < 1.29 is 9.53 Å². The molecule has 1 aliphatic heterocycles. The summed E-state index contributed by atoms with van der Waals surface area (Å²) in [6.07, 6.45) is 0. The Morgan fingerprint density at radius 1 is 1.67 bits per heavy atom. The van der Waals surface area contributed by atoms with Gasteiger partial charge in [0.1, 0.15) is 6.54 Å². The number of azide groups is 1. The molecule has 6 heteroatoms. The third-order valence-electron chi connectivity index (χ3n) is 2.77. The lowest BCUT2D eigenvalue weighted by atomic mass is 10.00. The summed E-state index contributed by atoms with van der Waals surface area (Å²) < 4.78 is 5.09. The standard InChI is InChI=1S/C9H16N4O2/c1-7-4-13(5-8(7)6-15-2)9(14)3-11-12-10/h7-8H,3-6H2,1-2H3/t7-,8+/m0/s1. The average Bonchev–Trinajstić information content (AvgIpc) is 2.58. The molecule has 1 rings (SSSR count). The molecule has 1 fully saturated rings. The van der Waals surface area contributed by atoms with E-state index in [1.807, 2.05) is 0 Å². The summed E-state index contributed by atoms with van der Waals surface area (Å²) >= 11 is 0. The van der Waals surface area contributed by atoms with Crippen LogP contribution >= 0.6 is 0 Å². The molecular formula is C9H16N4O2. The largest absolute Gasteiger partial charge is 0.384 e. The van der Waals surface area contributed by atoms with Crippen molar-refractivity contribution in [1.82, 2.24) is 4.90 Å². The third-order valence-corrected chi connectivity index (χ3v) is 2.77. The van der Waals surface area contributed by atoms with Crippen molar-refractivity contribution in [3.8, 4) is 0 Å². The Morgan fingerprint density at radius 3 is 3.00 bits per heavy atom. The Kier molecular flexibility index (Phi) is 4.39. The van der Waals surface area contributed by atoms with Crippen molar-refractivity contribution >= 4 is 5.91 Å². The van der Waals surface area contributed by atoms with Gasteiger partial charge in [-0.25, -0.2) is 0 Å². The van der Waals surface area contributed by atoms with E-state index in [0.29, 0.717) is 25.0 Å². The third kappa shape index (κ3) is 3.11. The van der Waals surface area contributed by atoms with Crippen LogP contribution in [-0.4, -0.2) is 44.2 Å². The van der Waals surface area contributed by atoms with Gasteiger partial charge in [-0.15, -0.1) is 0 Å².